The summed E-state index contributed by atoms with van der Waals surface area (Å²) in [5, 5.41) is 9.01. The van der Waals surface area contributed by atoms with E-state index in [-0.39, 0.29) is 0 Å². The predicted molar refractivity (Wildman–Crippen MR) is 75.0 cm³/mol. The minimum absolute atomic E-state index is 0.401. The van der Waals surface area contributed by atoms with Crippen molar-refractivity contribution in [3.8, 4) is 6.07 Å². The molecule has 2 saturated heterocycles. The standard InChI is InChI=1S/C14H26N4O/c1-16-5-2-6-18(14(13-16)3-4-15)8-7-17-9-11-19-12-10-17/h14H,2-3,5-13H2,1H3. The lowest BCUT2D eigenvalue weighted by Gasteiger charge is -2.33. The van der Waals surface area contributed by atoms with Gasteiger partial charge in [-0.15, -0.1) is 0 Å². The summed E-state index contributed by atoms with van der Waals surface area (Å²) < 4.78 is 5.38. The first-order valence-corrected chi connectivity index (χ1v) is 7.39. The molecule has 0 saturated carbocycles. The zero-order chi connectivity index (χ0) is 13.5. The normalized spacial score (nSPS) is 27.9. The van der Waals surface area contributed by atoms with Crippen molar-refractivity contribution in [3.63, 3.8) is 0 Å². The highest BCUT2D eigenvalue weighted by Crippen LogP contribution is 2.12. The van der Waals surface area contributed by atoms with E-state index in [1.165, 1.54) is 6.42 Å². The topological polar surface area (TPSA) is 42.7 Å². The molecule has 2 rings (SSSR count). The van der Waals surface area contributed by atoms with Gasteiger partial charge in [-0.2, -0.15) is 5.26 Å². The van der Waals surface area contributed by atoms with E-state index in [0.717, 1.165) is 59.0 Å². The van der Waals surface area contributed by atoms with Crippen molar-refractivity contribution in [2.75, 3.05) is 66.1 Å². The van der Waals surface area contributed by atoms with Gasteiger partial charge in [-0.3, -0.25) is 9.80 Å². The first-order chi connectivity index (χ1) is 9.29. The lowest BCUT2D eigenvalue weighted by molar-refractivity contribution is 0.0310. The molecule has 0 aromatic rings. The second kappa shape index (κ2) is 7.81. The number of morpholine rings is 1. The third-order valence-electron chi connectivity index (χ3n) is 4.16. The van der Waals surface area contributed by atoms with Crippen LogP contribution < -0.4 is 0 Å². The van der Waals surface area contributed by atoms with E-state index in [1.807, 2.05) is 0 Å². The van der Waals surface area contributed by atoms with Crippen LogP contribution in [-0.4, -0.2) is 86.8 Å². The van der Waals surface area contributed by atoms with Crippen molar-refractivity contribution in [1.82, 2.24) is 14.7 Å². The Bertz CT molecular complexity index is 298. The van der Waals surface area contributed by atoms with Gasteiger partial charge in [0.05, 0.1) is 25.7 Å². The average Bonchev–Trinajstić information content (AvgIpc) is 2.60. The Morgan fingerprint density at radius 2 is 1.95 bits per heavy atom. The molecule has 0 N–H and O–H groups in total. The van der Waals surface area contributed by atoms with Crippen LogP contribution >= 0.6 is 0 Å². The van der Waals surface area contributed by atoms with Crippen LogP contribution in [0.4, 0.5) is 0 Å². The van der Waals surface area contributed by atoms with Crippen molar-refractivity contribution in [1.29, 1.82) is 5.26 Å². The Balaban J connectivity index is 1.82. The van der Waals surface area contributed by atoms with Crippen molar-refractivity contribution in [3.05, 3.63) is 0 Å². The highest BCUT2D eigenvalue weighted by atomic mass is 16.5. The van der Waals surface area contributed by atoms with Gasteiger partial charge in [-0.05, 0) is 26.6 Å². The molecular formula is C14H26N4O. The molecule has 2 aliphatic heterocycles. The molecule has 0 radical (unpaired) electrons. The van der Waals surface area contributed by atoms with Crippen LogP contribution in [-0.2, 0) is 4.74 Å². The fourth-order valence-corrected chi connectivity index (χ4v) is 2.98. The molecule has 19 heavy (non-hydrogen) atoms. The van der Waals surface area contributed by atoms with E-state index in [2.05, 4.69) is 27.8 Å². The molecule has 2 fully saturated rings. The summed E-state index contributed by atoms with van der Waals surface area (Å²) in [6.07, 6.45) is 1.86. The smallest absolute Gasteiger partial charge is 0.0638 e. The van der Waals surface area contributed by atoms with Gasteiger partial charge in [0.2, 0.25) is 0 Å². The summed E-state index contributed by atoms with van der Waals surface area (Å²) in [7, 11) is 2.16. The van der Waals surface area contributed by atoms with Crippen LogP contribution in [0.5, 0.6) is 0 Å². The first-order valence-electron chi connectivity index (χ1n) is 7.39. The SMILES string of the molecule is CN1CCCN(CCN2CCOCC2)C(CC#N)C1. The molecule has 0 aromatic carbocycles. The molecule has 0 amide bonds. The van der Waals surface area contributed by atoms with Gasteiger partial charge >= 0.3 is 0 Å². The van der Waals surface area contributed by atoms with Crippen LogP contribution in [0.3, 0.4) is 0 Å². The number of hydrogen-bond donors (Lipinski definition) is 0. The number of hydrogen-bond acceptors (Lipinski definition) is 5. The number of rotatable bonds is 4. The van der Waals surface area contributed by atoms with Gasteiger partial charge in [0.25, 0.3) is 0 Å². The van der Waals surface area contributed by atoms with Crippen molar-refractivity contribution in [2.45, 2.75) is 18.9 Å². The molecule has 108 valence electrons. The Labute approximate surface area is 116 Å². The second-order valence-corrected chi connectivity index (χ2v) is 5.62. The molecule has 2 aliphatic rings. The fraction of sp³-hybridized carbons (Fsp3) is 0.929. The average molecular weight is 266 g/mol. The van der Waals surface area contributed by atoms with Crippen LogP contribution in [0.1, 0.15) is 12.8 Å². The Kier molecular flexibility index (Phi) is 6.05. The maximum atomic E-state index is 9.01. The van der Waals surface area contributed by atoms with Gasteiger partial charge in [-0.25, -0.2) is 0 Å². The number of nitriles is 1. The quantitative estimate of drug-likeness (QED) is 0.729. The van der Waals surface area contributed by atoms with Crippen LogP contribution in [0.25, 0.3) is 0 Å². The lowest BCUT2D eigenvalue weighted by Crippen LogP contribution is -2.46. The summed E-state index contributed by atoms with van der Waals surface area (Å²) in [5.41, 5.74) is 0. The minimum atomic E-state index is 0.401. The Morgan fingerprint density at radius 1 is 1.16 bits per heavy atom. The third-order valence-corrected chi connectivity index (χ3v) is 4.16. The third kappa shape index (κ3) is 4.73. The van der Waals surface area contributed by atoms with Gasteiger partial charge in [0, 0.05) is 38.8 Å². The van der Waals surface area contributed by atoms with Gasteiger partial charge in [0.15, 0.2) is 0 Å². The van der Waals surface area contributed by atoms with Crippen molar-refractivity contribution >= 4 is 0 Å². The summed E-state index contributed by atoms with van der Waals surface area (Å²) in [5.74, 6) is 0. The molecule has 0 bridgehead atoms. The number of likely N-dealkylation sites (N-methyl/N-ethyl adjacent to an activating group) is 1. The zero-order valence-electron chi connectivity index (χ0n) is 12.1. The van der Waals surface area contributed by atoms with Crippen molar-refractivity contribution in [2.24, 2.45) is 0 Å². The van der Waals surface area contributed by atoms with E-state index in [9.17, 15) is 0 Å². The minimum Gasteiger partial charge on any atom is -0.379 e. The van der Waals surface area contributed by atoms with E-state index in [1.54, 1.807) is 0 Å². The summed E-state index contributed by atoms with van der Waals surface area (Å²) in [6.45, 7) is 9.32. The first kappa shape index (κ1) is 14.7. The van der Waals surface area contributed by atoms with E-state index in [0.29, 0.717) is 12.5 Å². The number of ether oxygens (including phenoxy) is 1. The highest BCUT2D eigenvalue weighted by Gasteiger charge is 2.23. The molecule has 5 heteroatoms. The maximum absolute atomic E-state index is 9.01. The van der Waals surface area contributed by atoms with Gasteiger partial charge < -0.3 is 9.64 Å². The Hall–Kier alpha value is -0.670. The zero-order valence-corrected chi connectivity index (χ0v) is 12.1. The van der Waals surface area contributed by atoms with E-state index in [4.69, 9.17) is 10.00 Å². The number of nitrogens with zero attached hydrogens (tertiary/aromatic N) is 4. The van der Waals surface area contributed by atoms with E-state index < -0.39 is 0 Å². The predicted octanol–water partition coefficient (Wildman–Crippen LogP) is 0.238. The summed E-state index contributed by atoms with van der Waals surface area (Å²) in [4.78, 5) is 7.35. The molecule has 0 aromatic heterocycles. The molecule has 0 aliphatic carbocycles. The molecule has 0 spiro atoms. The van der Waals surface area contributed by atoms with Gasteiger partial charge in [-0.1, -0.05) is 0 Å². The lowest BCUT2D eigenvalue weighted by atomic mass is 10.2. The van der Waals surface area contributed by atoms with E-state index >= 15 is 0 Å². The molecule has 1 atom stereocenters. The maximum Gasteiger partial charge on any atom is 0.0638 e. The summed E-state index contributed by atoms with van der Waals surface area (Å²) >= 11 is 0. The fourth-order valence-electron chi connectivity index (χ4n) is 2.98. The van der Waals surface area contributed by atoms with Crippen LogP contribution in [0.2, 0.25) is 0 Å². The van der Waals surface area contributed by atoms with Crippen LogP contribution in [0.15, 0.2) is 0 Å². The second-order valence-electron chi connectivity index (χ2n) is 5.62. The van der Waals surface area contributed by atoms with Crippen molar-refractivity contribution < 1.29 is 4.74 Å². The molecule has 5 nitrogen and oxygen atoms in total. The largest absolute Gasteiger partial charge is 0.379 e. The summed E-state index contributed by atoms with van der Waals surface area (Å²) in [6, 6.07) is 2.75. The van der Waals surface area contributed by atoms with Crippen LogP contribution in [0, 0.1) is 11.3 Å². The van der Waals surface area contributed by atoms with Gasteiger partial charge in [0.1, 0.15) is 0 Å². The highest BCUT2D eigenvalue weighted by molar-refractivity contribution is 4.87. The monoisotopic (exact) mass is 266 g/mol. The molecular weight excluding hydrogens is 240 g/mol. The molecule has 2 heterocycles. The Morgan fingerprint density at radius 3 is 2.68 bits per heavy atom. The molecule has 1 unspecified atom stereocenters.